The Bertz CT molecular complexity index is 1280. The minimum absolute atomic E-state index is 0.171. The van der Waals surface area contributed by atoms with Gasteiger partial charge in [0.25, 0.3) is 0 Å². The summed E-state index contributed by atoms with van der Waals surface area (Å²) in [6.45, 7) is 8.03. The molecule has 3 aromatic carbocycles. The number of nitrogens with one attached hydrogen (secondary N) is 2. The number of hydrogen-bond donors (Lipinski definition) is 2. The van der Waals surface area contributed by atoms with E-state index in [-0.39, 0.29) is 23.9 Å². The van der Waals surface area contributed by atoms with Gasteiger partial charge in [-0.25, -0.2) is 4.39 Å². The van der Waals surface area contributed by atoms with Crippen LogP contribution in [0.1, 0.15) is 38.8 Å². The predicted molar refractivity (Wildman–Crippen MR) is 135 cm³/mol. The molecule has 0 saturated carbocycles. The number of amides is 1. The van der Waals surface area contributed by atoms with Crippen LogP contribution < -0.4 is 20.1 Å². The molecule has 1 heterocycles. The Labute approximate surface area is 199 Å². The molecule has 0 aliphatic carbocycles. The first-order chi connectivity index (χ1) is 16.2. The van der Waals surface area contributed by atoms with Crippen LogP contribution in [0, 0.1) is 5.82 Å². The molecule has 3 aromatic rings. The number of hydrogen-bond acceptors (Lipinski definition) is 4. The van der Waals surface area contributed by atoms with E-state index in [9.17, 15) is 9.18 Å². The third kappa shape index (κ3) is 4.76. The molecule has 1 aliphatic rings. The van der Waals surface area contributed by atoms with E-state index in [2.05, 4.69) is 37.5 Å². The molecule has 6 heteroatoms. The van der Waals surface area contributed by atoms with E-state index in [4.69, 9.17) is 9.47 Å². The first-order valence-corrected chi connectivity index (χ1v) is 11.2. The van der Waals surface area contributed by atoms with E-state index in [0.29, 0.717) is 17.2 Å². The van der Waals surface area contributed by atoms with Crippen molar-refractivity contribution in [3.8, 4) is 22.6 Å². The van der Waals surface area contributed by atoms with Gasteiger partial charge in [0.2, 0.25) is 5.91 Å². The minimum Gasteiger partial charge on any atom is -0.496 e. The SMILES string of the molecule is COc1cc(F)ccc1-c1ccc2c(c1COc1ccccc1NC(C)=O)C(C)=CC(C)(C)N2. The first-order valence-electron chi connectivity index (χ1n) is 11.2. The van der Waals surface area contributed by atoms with Crippen molar-refractivity contribution >= 4 is 22.9 Å². The fourth-order valence-electron chi connectivity index (χ4n) is 4.52. The number of carbonyl (C=O) groups is 1. The second-order valence-electron chi connectivity index (χ2n) is 9.00. The van der Waals surface area contributed by atoms with E-state index in [1.807, 2.05) is 30.3 Å². The van der Waals surface area contributed by atoms with Gasteiger partial charge >= 0.3 is 0 Å². The van der Waals surface area contributed by atoms with Gasteiger partial charge in [0.1, 0.15) is 23.9 Å². The molecule has 1 amide bonds. The number of halogens is 1. The number of methoxy groups -OCH3 is 1. The fourth-order valence-corrected chi connectivity index (χ4v) is 4.52. The smallest absolute Gasteiger partial charge is 0.221 e. The van der Waals surface area contributed by atoms with Crippen molar-refractivity contribution in [3.63, 3.8) is 0 Å². The van der Waals surface area contributed by atoms with Gasteiger partial charge in [-0.2, -0.15) is 0 Å². The number of carbonyl (C=O) groups excluding carboxylic acids is 1. The van der Waals surface area contributed by atoms with Gasteiger partial charge in [0.05, 0.1) is 18.3 Å². The third-order valence-corrected chi connectivity index (χ3v) is 5.76. The zero-order valence-electron chi connectivity index (χ0n) is 20.1. The van der Waals surface area contributed by atoms with Crippen LogP contribution >= 0.6 is 0 Å². The van der Waals surface area contributed by atoms with E-state index >= 15 is 0 Å². The summed E-state index contributed by atoms with van der Waals surface area (Å²) >= 11 is 0. The van der Waals surface area contributed by atoms with E-state index in [1.54, 1.807) is 12.1 Å². The monoisotopic (exact) mass is 460 g/mol. The van der Waals surface area contributed by atoms with Crippen molar-refractivity contribution in [2.45, 2.75) is 39.8 Å². The maximum absolute atomic E-state index is 13.9. The van der Waals surface area contributed by atoms with Gasteiger partial charge in [-0.05, 0) is 62.2 Å². The summed E-state index contributed by atoms with van der Waals surface area (Å²) < 4.78 is 25.7. The molecular formula is C28H29FN2O3. The number of para-hydroxylation sites is 2. The number of allylic oxidation sites excluding steroid dienone is 1. The topological polar surface area (TPSA) is 59.6 Å². The molecule has 0 atom stereocenters. The molecule has 0 bridgehead atoms. The van der Waals surface area contributed by atoms with Crippen molar-refractivity contribution in [3.05, 3.63) is 77.6 Å². The van der Waals surface area contributed by atoms with Crippen LogP contribution in [0.3, 0.4) is 0 Å². The molecular weight excluding hydrogens is 431 g/mol. The Hall–Kier alpha value is -3.80. The number of benzene rings is 3. The zero-order valence-corrected chi connectivity index (χ0v) is 20.1. The lowest BCUT2D eigenvalue weighted by Gasteiger charge is -2.33. The molecule has 0 aromatic heterocycles. The molecule has 2 N–H and O–H groups in total. The molecule has 5 nitrogen and oxygen atoms in total. The highest BCUT2D eigenvalue weighted by Gasteiger charge is 2.27. The van der Waals surface area contributed by atoms with Crippen molar-refractivity contribution in [2.75, 3.05) is 17.7 Å². The highest BCUT2D eigenvalue weighted by molar-refractivity contribution is 5.90. The lowest BCUT2D eigenvalue weighted by molar-refractivity contribution is -0.114. The Morgan fingerprint density at radius 2 is 1.79 bits per heavy atom. The quantitative estimate of drug-likeness (QED) is 0.433. The molecule has 0 spiro atoms. The van der Waals surface area contributed by atoms with Crippen LogP contribution in [-0.2, 0) is 11.4 Å². The first kappa shape index (κ1) is 23.4. The Balaban J connectivity index is 1.84. The van der Waals surface area contributed by atoms with Crippen LogP contribution in [0.15, 0.2) is 60.7 Å². The molecule has 34 heavy (non-hydrogen) atoms. The van der Waals surface area contributed by atoms with Gasteiger partial charge < -0.3 is 20.1 Å². The lowest BCUT2D eigenvalue weighted by atomic mass is 9.85. The average molecular weight is 461 g/mol. The van der Waals surface area contributed by atoms with Gasteiger partial charge in [-0.1, -0.05) is 24.3 Å². The second-order valence-corrected chi connectivity index (χ2v) is 9.00. The molecule has 0 saturated heterocycles. The summed E-state index contributed by atoms with van der Waals surface area (Å²) in [6.07, 6.45) is 2.19. The standard InChI is InChI=1S/C28H29FN2O3/c1-17-15-28(3,4)31-24-13-12-20(21-11-10-19(29)14-26(21)33-5)22(27(17)24)16-34-25-9-7-6-8-23(25)30-18(2)32/h6-15,31H,16H2,1-5H3,(H,30,32). The number of ether oxygens (including phenoxy) is 2. The van der Waals surface area contributed by atoms with E-state index < -0.39 is 0 Å². The van der Waals surface area contributed by atoms with Crippen molar-refractivity contribution in [2.24, 2.45) is 0 Å². The van der Waals surface area contributed by atoms with Crippen LogP contribution in [0.2, 0.25) is 0 Å². The van der Waals surface area contributed by atoms with Gasteiger partial charge in [0, 0.05) is 35.4 Å². The summed E-state index contributed by atoms with van der Waals surface area (Å²) in [6, 6.07) is 15.9. The Kier molecular flexibility index (Phi) is 6.33. The second kappa shape index (κ2) is 9.21. The average Bonchev–Trinajstić information content (AvgIpc) is 2.77. The lowest BCUT2D eigenvalue weighted by Crippen LogP contribution is -2.32. The third-order valence-electron chi connectivity index (χ3n) is 5.76. The van der Waals surface area contributed by atoms with Crippen LogP contribution in [0.25, 0.3) is 16.7 Å². The van der Waals surface area contributed by atoms with Crippen molar-refractivity contribution in [1.82, 2.24) is 0 Å². The molecule has 176 valence electrons. The van der Waals surface area contributed by atoms with Crippen LogP contribution in [-0.4, -0.2) is 18.6 Å². The molecule has 4 rings (SSSR count). The van der Waals surface area contributed by atoms with E-state index in [0.717, 1.165) is 33.5 Å². The summed E-state index contributed by atoms with van der Waals surface area (Å²) in [4.78, 5) is 11.6. The van der Waals surface area contributed by atoms with Crippen LogP contribution in [0.5, 0.6) is 11.5 Å². The van der Waals surface area contributed by atoms with Crippen molar-refractivity contribution in [1.29, 1.82) is 0 Å². The normalized spacial score (nSPS) is 13.9. The highest BCUT2D eigenvalue weighted by Crippen LogP contribution is 2.43. The van der Waals surface area contributed by atoms with Crippen LogP contribution in [0.4, 0.5) is 15.8 Å². The van der Waals surface area contributed by atoms with Crippen molar-refractivity contribution < 1.29 is 18.7 Å². The summed E-state index contributed by atoms with van der Waals surface area (Å²) in [5.41, 5.74) is 6.19. The van der Waals surface area contributed by atoms with E-state index in [1.165, 1.54) is 26.2 Å². The number of anilines is 2. The van der Waals surface area contributed by atoms with Gasteiger partial charge in [-0.3, -0.25) is 4.79 Å². The minimum atomic E-state index is -0.361. The summed E-state index contributed by atoms with van der Waals surface area (Å²) in [7, 11) is 1.53. The molecule has 0 fully saturated rings. The van der Waals surface area contributed by atoms with Gasteiger partial charge in [0.15, 0.2) is 0 Å². The highest BCUT2D eigenvalue weighted by atomic mass is 19.1. The molecule has 1 aliphatic heterocycles. The molecule has 0 radical (unpaired) electrons. The number of rotatable bonds is 6. The fraction of sp³-hybridized carbons (Fsp3) is 0.250. The Morgan fingerprint density at radius 1 is 1.06 bits per heavy atom. The van der Waals surface area contributed by atoms with Gasteiger partial charge in [-0.15, -0.1) is 0 Å². The summed E-state index contributed by atoms with van der Waals surface area (Å²) in [5, 5.41) is 6.39. The number of fused-ring (bicyclic) bond motifs is 1. The Morgan fingerprint density at radius 3 is 2.53 bits per heavy atom. The maximum Gasteiger partial charge on any atom is 0.221 e. The summed E-state index contributed by atoms with van der Waals surface area (Å²) in [5.74, 6) is 0.485. The molecule has 0 unspecified atom stereocenters. The zero-order chi connectivity index (χ0) is 24.5. The predicted octanol–water partition coefficient (Wildman–Crippen LogP) is 6.65. The largest absolute Gasteiger partial charge is 0.496 e. The maximum atomic E-state index is 13.9.